The molecule has 1 fully saturated rings. The van der Waals surface area contributed by atoms with Crippen LogP contribution in [0.15, 0.2) is 29.2 Å². The molecule has 1 atom stereocenters. The molecule has 0 aromatic heterocycles. The van der Waals surface area contributed by atoms with Gasteiger partial charge in [0.25, 0.3) is 0 Å². The Morgan fingerprint density at radius 2 is 2.05 bits per heavy atom. The third kappa shape index (κ3) is 2.78. The van der Waals surface area contributed by atoms with Crippen LogP contribution in [0.4, 0.5) is 0 Å². The smallest absolute Gasteiger partial charge is 0.243 e. The maximum Gasteiger partial charge on any atom is 0.243 e. The van der Waals surface area contributed by atoms with Gasteiger partial charge in [-0.05, 0) is 44.0 Å². The summed E-state index contributed by atoms with van der Waals surface area (Å²) in [4.78, 5) is 11.5. The minimum Gasteiger partial charge on any atom is -0.494 e. The van der Waals surface area contributed by atoms with Crippen molar-refractivity contribution in [3.63, 3.8) is 0 Å². The first kappa shape index (κ1) is 14.8. The Bertz CT molecular complexity index is 583. The fourth-order valence-electron chi connectivity index (χ4n) is 2.32. The van der Waals surface area contributed by atoms with Crippen LogP contribution in [0.25, 0.3) is 0 Å². The highest BCUT2D eigenvalue weighted by molar-refractivity contribution is 7.89. The van der Waals surface area contributed by atoms with Crippen LogP contribution in [0.1, 0.15) is 19.8 Å². The lowest BCUT2D eigenvalue weighted by molar-refractivity contribution is -0.121. The first-order valence-electron chi connectivity index (χ1n) is 6.51. The van der Waals surface area contributed by atoms with Gasteiger partial charge in [0.2, 0.25) is 15.9 Å². The van der Waals surface area contributed by atoms with Gasteiger partial charge in [0, 0.05) is 6.54 Å². The first-order chi connectivity index (χ1) is 9.46. The van der Waals surface area contributed by atoms with Crippen LogP contribution in [0.2, 0.25) is 0 Å². The van der Waals surface area contributed by atoms with E-state index in [-0.39, 0.29) is 4.90 Å². The van der Waals surface area contributed by atoms with Gasteiger partial charge in [-0.2, -0.15) is 4.31 Å². The van der Waals surface area contributed by atoms with Crippen molar-refractivity contribution in [2.45, 2.75) is 30.7 Å². The van der Waals surface area contributed by atoms with Crippen LogP contribution in [-0.4, -0.2) is 37.8 Å². The van der Waals surface area contributed by atoms with Crippen LogP contribution in [0.5, 0.6) is 5.75 Å². The number of primary amides is 1. The number of carbonyl (C=O) groups is 1. The van der Waals surface area contributed by atoms with Gasteiger partial charge in [0.15, 0.2) is 0 Å². The number of amides is 1. The van der Waals surface area contributed by atoms with Gasteiger partial charge in [0.05, 0.1) is 11.5 Å². The zero-order valence-electron chi connectivity index (χ0n) is 11.3. The van der Waals surface area contributed by atoms with Crippen molar-refractivity contribution in [3.8, 4) is 5.75 Å². The molecule has 6 nitrogen and oxygen atoms in total. The topological polar surface area (TPSA) is 89.7 Å². The standard InChI is InChI=1S/C13H18N2O4S/c1-2-19-10-5-7-11(8-6-10)20(17,18)15-9-3-4-12(15)13(14)16/h5-8,12H,2-4,9H2,1H3,(H2,14,16). The molecule has 1 heterocycles. The average molecular weight is 298 g/mol. The van der Waals surface area contributed by atoms with Crippen molar-refractivity contribution < 1.29 is 17.9 Å². The van der Waals surface area contributed by atoms with E-state index in [1.807, 2.05) is 6.92 Å². The number of hydrogen-bond donors (Lipinski definition) is 1. The number of carbonyl (C=O) groups excluding carboxylic acids is 1. The summed E-state index contributed by atoms with van der Waals surface area (Å²) >= 11 is 0. The summed E-state index contributed by atoms with van der Waals surface area (Å²) in [5.74, 6) is 0.0105. The van der Waals surface area contributed by atoms with E-state index in [0.717, 1.165) is 0 Å². The SMILES string of the molecule is CCOc1ccc(S(=O)(=O)N2CCCC2C(N)=O)cc1. The molecule has 0 bridgehead atoms. The lowest BCUT2D eigenvalue weighted by atomic mass is 10.2. The quantitative estimate of drug-likeness (QED) is 0.867. The van der Waals surface area contributed by atoms with Gasteiger partial charge in [-0.1, -0.05) is 0 Å². The van der Waals surface area contributed by atoms with Crippen LogP contribution in [-0.2, 0) is 14.8 Å². The third-order valence-electron chi connectivity index (χ3n) is 3.27. The number of rotatable bonds is 5. The lowest BCUT2D eigenvalue weighted by Gasteiger charge is -2.21. The Morgan fingerprint density at radius 1 is 1.40 bits per heavy atom. The molecule has 1 saturated heterocycles. The summed E-state index contributed by atoms with van der Waals surface area (Å²) < 4.78 is 31.5. The predicted octanol–water partition coefficient (Wildman–Crippen LogP) is 0.724. The van der Waals surface area contributed by atoms with Gasteiger partial charge in [-0.25, -0.2) is 8.42 Å². The maximum atomic E-state index is 12.5. The van der Waals surface area contributed by atoms with E-state index in [9.17, 15) is 13.2 Å². The molecule has 1 aliphatic heterocycles. The Morgan fingerprint density at radius 3 is 2.60 bits per heavy atom. The molecule has 0 saturated carbocycles. The fraction of sp³-hybridized carbons (Fsp3) is 0.462. The zero-order valence-corrected chi connectivity index (χ0v) is 12.1. The highest BCUT2D eigenvalue weighted by Crippen LogP contribution is 2.27. The van der Waals surface area contributed by atoms with E-state index in [1.165, 1.54) is 16.4 Å². The second-order valence-electron chi connectivity index (χ2n) is 4.58. The van der Waals surface area contributed by atoms with E-state index >= 15 is 0 Å². The summed E-state index contributed by atoms with van der Waals surface area (Å²) in [6.45, 7) is 2.69. The second-order valence-corrected chi connectivity index (χ2v) is 6.47. The minimum absolute atomic E-state index is 0.147. The van der Waals surface area contributed by atoms with Gasteiger partial charge < -0.3 is 10.5 Å². The van der Waals surface area contributed by atoms with Crippen molar-refractivity contribution in [3.05, 3.63) is 24.3 Å². The van der Waals surface area contributed by atoms with Crippen LogP contribution < -0.4 is 10.5 Å². The molecule has 2 rings (SSSR count). The molecular weight excluding hydrogens is 280 g/mol. The molecule has 1 aromatic carbocycles. The van der Waals surface area contributed by atoms with Crippen LogP contribution in [0.3, 0.4) is 0 Å². The largest absolute Gasteiger partial charge is 0.494 e. The van der Waals surface area contributed by atoms with Gasteiger partial charge in [0.1, 0.15) is 11.8 Å². The Kier molecular flexibility index (Phi) is 4.29. The number of nitrogens with two attached hydrogens (primary N) is 1. The molecule has 1 aliphatic rings. The Balaban J connectivity index is 2.27. The summed E-state index contributed by atoms with van der Waals surface area (Å²) in [6, 6.07) is 5.43. The predicted molar refractivity (Wildman–Crippen MR) is 73.7 cm³/mol. The number of ether oxygens (including phenoxy) is 1. The summed E-state index contributed by atoms with van der Waals surface area (Å²) in [6.07, 6.45) is 1.12. The molecule has 20 heavy (non-hydrogen) atoms. The van der Waals surface area contributed by atoms with Gasteiger partial charge in [-0.3, -0.25) is 4.79 Å². The van der Waals surface area contributed by atoms with Crippen LogP contribution >= 0.6 is 0 Å². The van der Waals surface area contributed by atoms with Crippen molar-refractivity contribution in [2.24, 2.45) is 5.73 Å². The molecule has 0 aliphatic carbocycles. The third-order valence-corrected chi connectivity index (χ3v) is 5.20. The molecule has 0 spiro atoms. The van der Waals surface area contributed by atoms with Gasteiger partial charge in [-0.15, -0.1) is 0 Å². The van der Waals surface area contributed by atoms with Crippen molar-refractivity contribution in [2.75, 3.05) is 13.2 Å². The summed E-state index contributed by atoms with van der Waals surface area (Å²) in [7, 11) is -3.69. The zero-order chi connectivity index (χ0) is 14.8. The molecule has 7 heteroatoms. The van der Waals surface area contributed by atoms with E-state index < -0.39 is 22.0 Å². The highest BCUT2D eigenvalue weighted by Gasteiger charge is 2.38. The lowest BCUT2D eigenvalue weighted by Crippen LogP contribution is -2.43. The van der Waals surface area contributed by atoms with Crippen LogP contribution in [0, 0.1) is 0 Å². The molecule has 1 aromatic rings. The second kappa shape index (κ2) is 5.80. The molecule has 0 radical (unpaired) electrons. The van der Waals surface area contributed by atoms with E-state index in [4.69, 9.17) is 10.5 Å². The highest BCUT2D eigenvalue weighted by atomic mass is 32.2. The Hall–Kier alpha value is -1.60. The van der Waals surface area contributed by atoms with E-state index in [0.29, 0.717) is 31.7 Å². The molecule has 2 N–H and O–H groups in total. The fourth-order valence-corrected chi connectivity index (χ4v) is 3.99. The number of sulfonamides is 1. The molecule has 1 amide bonds. The maximum absolute atomic E-state index is 12.5. The van der Waals surface area contributed by atoms with Crippen molar-refractivity contribution in [1.29, 1.82) is 0 Å². The monoisotopic (exact) mass is 298 g/mol. The Labute approximate surface area is 118 Å². The van der Waals surface area contributed by atoms with Crippen molar-refractivity contribution in [1.82, 2.24) is 4.31 Å². The molecule has 1 unspecified atom stereocenters. The van der Waals surface area contributed by atoms with Crippen molar-refractivity contribution >= 4 is 15.9 Å². The van der Waals surface area contributed by atoms with E-state index in [1.54, 1.807) is 12.1 Å². The summed E-state index contributed by atoms with van der Waals surface area (Å²) in [5.41, 5.74) is 5.26. The average Bonchev–Trinajstić information content (AvgIpc) is 2.90. The normalized spacial score (nSPS) is 19.9. The number of hydrogen-bond acceptors (Lipinski definition) is 4. The summed E-state index contributed by atoms with van der Waals surface area (Å²) in [5, 5.41) is 0. The minimum atomic E-state index is -3.69. The number of nitrogens with zero attached hydrogens (tertiary/aromatic N) is 1. The molecule has 110 valence electrons. The van der Waals surface area contributed by atoms with Gasteiger partial charge >= 0.3 is 0 Å². The molecular formula is C13H18N2O4S. The number of benzene rings is 1. The first-order valence-corrected chi connectivity index (χ1v) is 7.95. The van der Waals surface area contributed by atoms with E-state index in [2.05, 4.69) is 0 Å².